The van der Waals surface area contributed by atoms with Gasteiger partial charge in [-0.1, -0.05) is 18.2 Å². The van der Waals surface area contributed by atoms with Crippen molar-refractivity contribution in [2.75, 3.05) is 11.9 Å². The van der Waals surface area contributed by atoms with Crippen molar-refractivity contribution < 1.29 is 9.53 Å². The Hall–Kier alpha value is -3.78. The minimum absolute atomic E-state index is 0.0674. The number of nitrogens with zero attached hydrogens (tertiary/aromatic N) is 4. The highest BCUT2D eigenvalue weighted by Gasteiger charge is 2.26. The van der Waals surface area contributed by atoms with Gasteiger partial charge in [-0.25, -0.2) is 0 Å². The van der Waals surface area contributed by atoms with Crippen molar-refractivity contribution in [3.05, 3.63) is 83.2 Å². The Bertz CT molecular complexity index is 1230. The summed E-state index contributed by atoms with van der Waals surface area (Å²) in [5, 5.41) is 7.37. The lowest BCUT2D eigenvalue weighted by atomic mass is 10.1. The van der Waals surface area contributed by atoms with Crippen LogP contribution in [-0.2, 0) is 11.3 Å². The van der Waals surface area contributed by atoms with Gasteiger partial charge in [0.05, 0.1) is 22.9 Å². The zero-order valence-corrected chi connectivity index (χ0v) is 16.8. The normalized spacial score (nSPS) is 15.9. The van der Waals surface area contributed by atoms with Gasteiger partial charge in [-0.05, 0) is 37.1 Å². The van der Waals surface area contributed by atoms with Crippen LogP contribution in [0.1, 0.15) is 23.2 Å². The summed E-state index contributed by atoms with van der Waals surface area (Å²) in [7, 11) is 0. The van der Waals surface area contributed by atoms with Crippen LogP contribution in [0, 0.1) is 0 Å². The summed E-state index contributed by atoms with van der Waals surface area (Å²) in [5.41, 5.74) is 2.09. The number of carbonyl (C=O) groups is 1. The Kier molecular flexibility index (Phi) is 5.05. The van der Waals surface area contributed by atoms with Gasteiger partial charge in [0, 0.05) is 43.6 Å². The number of ether oxygens (including phenoxy) is 1. The average molecular weight is 415 g/mol. The number of pyridine rings is 2. The predicted octanol–water partition coefficient (Wildman–Crippen LogP) is 2.97. The SMILES string of the molecule is O=C(Nc1ccncc1)c1cn(C[C@H]2CCCO2)cc2c(=O)n(-c3ccccc3)nc1-2. The first kappa shape index (κ1) is 19.2. The molecule has 0 bridgehead atoms. The van der Waals surface area contributed by atoms with E-state index in [0.29, 0.717) is 34.7 Å². The molecule has 1 amide bonds. The van der Waals surface area contributed by atoms with Crippen LogP contribution in [0.4, 0.5) is 5.69 Å². The van der Waals surface area contributed by atoms with E-state index in [2.05, 4.69) is 15.4 Å². The molecule has 0 saturated carbocycles. The van der Waals surface area contributed by atoms with Gasteiger partial charge in [-0.2, -0.15) is 9.78 Å². The topological polar surface area (TPSA) is 91.0 Å². The summed E-state index contributed by atoms with van der Waals surface area (Å²) in [4.78, 5) is 30.3. The first-order valence-electron chi connectivity index (χ1n) is 10.2. The number of hydrogen-bond acceptors (Lipinski definition) is 5. The molecule has 0 aliphatic carbocycles. The minimum atomic E-state index is -0.337. The molecule has 1 atom stereocenters. The van der Waals surface area contributed by atoms with Gasteiger partial charge in [-0.15, -0.1) is 0 Å². The smallest absolute Gasteiger partial charge is 0.282 e. The molecule has 3 aliphatic heterocycles. The summed E-state index contributed by atoms with van der Waals surface area (Å²) in [6, 6.07) is 12.6. The van der Waals surface area contributed by atoms with Crippen LogP contribution in [0.15, 0.2) is 72.0 Å². The molecule has 0 radical (unpaired) electrons. The second-order valence-electron chi connectivity index (χ2n) is 7.51. The summed E-state index contributed by atoms with van der Waals surface area (Å²) >= 11 is 0. The van der Waals surface area contributed by atoms with Gasteiger partial charge >= 0.3 is 0 Å². The van der Waals surface area contributed by atoms with Gasteiger partial charge in [-0.3, -0.25) is 14.6 Å². The minimum Gasteiger partial charge on any atom is -0.376 e. The molecule has 31 heavy (non-hydrogen) atoms. The van der Waals surface area contributed by atoms with Crippen molar-refractivity contribution in [3.8, 4) is 16.9 Å². The summed E-state index contributed by atoms with van der Waals surface area (Å²) in [6.45, 7) is 1.31. The number of amides is 1. The molecule has 5 rings (SSSR count). The molecule has 1 fully saturated rings. The van der Waals surface area contributed by atoms with E-state index < -0.39 is 0 Å². The van der Waals surface area contributed by atoms with E-state index in [1.807, 2.05) is 34.9 Å². The predicted molar refractivity (Wildman–Crippen MR) is 116 cm³/mol. The van der Waals surface area contributed by atoms with E-state index in [0.717, 1.165) is 19.4 Å². The zero-order chi connectivity index (χ0) is 21.2. The lowest BCUT2D eigenvalue weighted by molar-refractivity contribution is 0.0961. The molecule has 8 nitrogen and oxygen atoms in total. The van der Waals surface area contributed by atoms with Gasteiger partial charge in [0.1, 0.15) is 5.69 Å². The Balaban J connectivity index is 1.60. The van der Waals surface area contributed by atoms with Crippen molar-refractivity contribution in [3.63, 3.8) is 0 Å². The highest BCUT2D eigenvalue weighted by molar-refractivity contribution is 6.08. The maximum absolute atomic E-state index is 13.2. The quantitative estimate of drug-likeness (QED) is 0.541. The Labute approximate surface area is 178 Å². The van der Waals surface area contributed by atoms with Crippen molar-refractivity contribution in [2.45, 2.75) is 25.5 Å². The first-order valence-corrected chi connectivity index (χ1v) is 10.2. The summed E-state index contributed by atoms with van der Waals surface area (Å²) < 4.78 is 8.94. The number of aromatic nitrogens is 4. The van der Waals surface area contributed by atoms with E-state index in [9.17, 15) is 9.59 Å². The largest absolute Gasteiger partial charge is 0.376 e. The third kappa shape index (κ3) is 3.85. The van der Waals surface area contributed by atoms with Crippen molar-refractivity contribution in [1.82, 2.24) is 19.3 Å². The lowest BCUT2D eigenvalue weighted by Gasteiger charge is -2.16. The summed E-state index contributed by atoms with van der Waals surface area (Å²) in [5.74, 6) is -0.337. The molecule has 4 heterocycles. The number of anilines is 1. The number of rotatable bonds is 5. The number of hydrogen-bond donors (Lipinski definition) is 1. The van der Waals surface area contributed by atoms with Crippen LogP contribution in [0.3, 0.4) is 0 Å². The van der Waals surface area contributed by atoms with Crippen LogP contribution < -0.4 is 10.9 Å². The third-order valence-electron chi connectivity index (χ3n) is 5.34. The van der Waals surface area contributed by atoms with Crippen molar-refractivity contribution >= 4 is 11.6 Å². The second-order valence-corrected chi connectivity index (χ2v) is 7.51. The van der Waals surface area contributed by atoms with E-state index in [1.54, 1.807) is 36.9 Å². The van der Waals surface area contributed by atoms with Gasteiger partial charge < -0.3 is 14.6 Å². The standard InChI is InChI=1S/C23H21N5O3/c29-22(25-16-8-10-24-11-9-16)19-14-27(13-18-7-4-12-31-18)15-20-21(19)26-28(23(20)30)17-5-2-1-3-6-17/h1-3,5-6,8-11,14-15,18H,4,7,12-13H2,(H,24,25,29)/t18-/m1/s1. The van der Waals surface area contributed by atoms with Crippen LogP contribution in [0.2, 0.25) is 0 Å². The molecule has 1 aromatic heterocycles. The molecule has 2 aromatic rings. The zero-order valence-electron chi connectivity index (χ0n) is 16.8. The van der Waals surface area contributed by atoms with E-state index in [-0.39, 0.29) is 17.6 Å². The summed E-state index contributed by atoms with van der Waals surface area (Å²) in [6.07, 6.45) is 8.75. The van der Waals surface area contributed by atoms with Crippen molar-refractivity contribution in [1.29, 1.82) is 0 Å². The van der Waals surface area contributed by atoms with Crippen LogP contribution >= 0.6 is 0 Å². The molecule has 156 valence electrons. The molecule has 1 aromatic carbocycles. The van der Waals surface area contributed by atoms with E-state index in [4.69, 9.17) is 4.74 Å². The second kappa shape index (κ2) is 8.16. The maximum atomic E-state index is 13.2. The number of para-hydroxylation sites is 1. The molecular weight excluding hydrogens is 394 g/mol. The van der Waals surface area contributed by atoms with Crippen LogP contribution in [-0.4, -0.2) is 37.9 Å². The molecule has 1 saturated heterocycles. The number of benzene rings is 1. The molecular formula is C23H21N5O3. The monoisotopic (exact) mass is 415 g/mol. The van der Waals surface area contributed by atoms with Crippen molar-refractivity contribution in [2.24, 2.45) is 0 Å². The fourth-order valence-electron chi connectivity index (χ4n) is 3.83. The van der Waals surface area contributed by atoms with Crippen LogP contribution in [0.25, 0.3) is 16.9 Å². The Morgan fingerprint density at radius 2 is 1.94 bits per heavy atom. The molecule has 0 spiro atoms. The number of carbonyl (C=O) groups excluding carboxylic acids is 1. The van der Waals surface area contributed by atoms with Crippen LogP contribution in [0.5, 0.6) is 0 Å². The number of nitrogens with one attached hydrogen (secondary N) is 1. The average Bonchev–Trinajstić information content (AvgIpc) is 3.43. The number of fused-ring (bicyclic) bond motifs is 1. The Morgan fingerprint density at radius 3 is 2.68 bits per heavy atom. The van der Waals surface area contributed by atoms with Gasteiger partial charge in [0.25, 0.3) is 11.5 Å². The fraction of sp³-hybridized carbons (Fsp3) is 0.217. The third-order valence-corrected chi connectivity index (χ3v) is 5.34. The van der Waals surface area contributed by atoms with E-state index in [1.165, 1.54) is 4.68 Å². The molecule has 3 aliphatic rings. The highest BCUT2D eigenvalue weighted by Crippen LogP contribution is 2.24. The highest BCUT2D eigenvalue weighted by atomic mass is 16.5. The van der Waals surface area contributed by atoms with Gasteiger partial charge in [0.2, 0.25) is 0 Å². The first-order chi connectivity index (χ1) is 15.2. The molecule has 0 unspecified atom stereocenters. The molecule has 1 N–H and O–H groups in total. The van der Waals surface area contributed by atoms with E-state index >= 15 is 0 Å². The molecule has 8 heteroatoms. The fourth-order valence-corrected chi connectivity index (χ4v) is 3.83. The maximum Gasteiger partial charge on any atom is 0.282 e. The Morgan fingerprint density at radius 1 is 1.13 bits per heavy atom. The van der Waals surface area contributed by atoms with Gasteiger partial charge in [0.15, 0.2) is 0 Å². The lowest BCUT2D eigenvalue weighted by Crippen LogP contribution is -2.20.